The van der Waals surface area contributed by atoms with Crippen LogP contribution in [0.15, 0.2) is 18.2 Å². The first kappa shape index (κ1) is 14.8. The molecule has 0 aromatic heterocycles. The van der Waals surface area contributed by atoms with Crippen LogP contribution in [0.2, 0.25) is 10.0 Å². The lowest BCUT2D eigenvalue weighted by molar-refractivity contribution is 0.112. The average molecular weight is 276 g/mol. The number of ether oxygens (including phenoxy) is 1. The van der Waals surface area contributed by atoms with Crippen LogP contribution >= 0.6 is 23.2 Å². The van der Waals surface area contributed by atoms with Crippen LogP contribution in [0.25, 0.3) is 0 Å². The van der Waals surface area contributed by atoms with Crippen molar-refractivity contribution in [3.8, 4) is 0 Å². The summed E-state index contributed by atoms with van der Waals surface area (Å²) in [6.45, 7) is 6.33. The molecule has 1 N–H and O–H groups in total. The number of nitrogens with one attached hydrogen (secondary N) is 1. The van der Waals surface area contributed by atoms with Crippen molar-refractivity contribution in [2.45, 2.75) is 26.3 Å². The highest BCUT2D eigenvalue weighted by atomic mass is 35.5. The van der Waals surface area contributed by atoms with E-state index in [-0.39, 0.29) is 6.04 Å². The van der Waals surface area contributed by atoms with Crippen molar-refractivity contribution in [1.82, 2.24) is 5.32 Å². The van der Waals surface area contributed by atoms with Crippen molar-refractivity contribution in [2.75, 3.05) is 19.8 Å². The SMILES string of the molecule is CCCOCC(NCC)c1c(Cl)cccc1Cl. The zero-order valence-corrected chi connectivity index (χ0v) is 11.8. The van der Waals surface area contributed by atoms with Gasteiger partial charge in [0.25, 0.3) is 0 Å². The summed E-state index contributed by atoms with van der Waals surface area (Å²) < 4.78 is 5.58. The van der Waals surface area contributed by atoms with Crippen LogP contribution in [0.4, 0.5) is 0 Å². The van der Waals surface area contributed by atoms with E-state index in [1.165, 1.54) is 0 Å². The quantitative estimate of drug-likeness (QED) is 0.758. The summed E-state index contributed by atoms with van der Waals surface area (Å²) in [5, 5.41) is 4.71. The Morgan fingerprint density at radius 1 is 1.24 bits per heavy atom. The summed E-state index contributed by atoms with van der Waals surface area (Å²) >= 11 is 12.4. The minimum absolute atomic E-state index is 0.0488. The molecule has 0 heterocycles. The van der Waals surface area contributed by atoms with E-state index in [2.05, 4.69) is 19.2 Å². The number of rotatable bonds is 7. The first-order chi connectivity index (χ1) is 8.20. The van der Waals surface area contributed by atoms with E-state index >= 15 is 0 Å². The lowest BCUT2D eigenvalue weighted by Crippen LogP contribution is -2.26. The summed E-state index contributed by atoms with van der Waals surface area (Å²) in [4.78, 5) is 0. The third-order valence-corrected chi connectivity index (χ3v) is 3.09. The van der Waals surface area contributed by atoms with Gasteiger partial charge >= 0.3 is 0 Å². The third-order valence-electron chi connectivity index (χ3n) is 2.43. The molecule has 0 aliphatic heterocycles. The van der Waals surface area contributed by atoms with Gasteiger partial charge in [-0.25, -0.2) is 0 Å². The molecule has 0 spiro atoms. The van der Waals surface area contributed by atoms with Gasteiger partial charge in [0.05, 0.1) is 12.6 Å². The number of hydrogen-bond donors (Lipinski definition) is 1. The van der Waals surface area contributed by atoms with Crippen LogP contribution in [0.1, 0.15) is 31.9 Å². The minimum atomic E-state index is 0.0488. The summed E-state index contributed by atoms with van der Waals surface area (Å²) in [5.41, 5.74) is 0.925. The Hall–Kier alpha value is -0.280. The number of halogens is 2. The second kappa shape index (κ2) is 7.93. The molecule has 0 saturated carbocycles. The minimum Gasteiger partial charge on any atom is -0.379 e. The van der Waals surface area contributed by atoms with Gasteiger partial charge in [-0.1, -0.05) is 43.1 Å². The van der Waals surface area contributed by atoms with Crippen molar-refractivity contribution >= 4 is 23.2 Å². The molecule has 1 atom stereocenters. The van der Waals surface area contributed by atoms with E-state index in [0.29, 0.717) is 16.7 Å². The fraction of sp³-hybridized carbons (Fsp3) is 0.538. The lowest BCUT2D eigenvalue weighted by Gasteiger charge is -2.20. The van der Waals surface area contributed by atoms with E-state index in [9.17, 15) is 0 Å². The van der Waals surface area contributed by atoms with Crippen LogP contribution in [-0.2, 0) is 4.74 Å². The zero-order valence-electron chi connectivity index (χ0n) is 10.3. The van der Waals surface area contributed by atoms with Crippen molar-refractivity contribution < 1.29 is 4.74 Å². The van der Waals surface area contributed by atoms with Gasteiger partial charge in [0.2, 0.25) is 0 Å². The highest BCUT2D eigenvalue weighted by Gasteiger charge is 2.17. The number of likely N-dealkylation sites (N-methyl/N-ethyl adjacent to an activating group) is 1. The molecule has 17 heavy (non-hydrogen) atoms. The average Bonchev–Trinajstić information content (AvgIpc) is 2.29. The Balaban J connectivity index is 2.81. The van der Waals surface area contributed by atoms with Crippen molar-refractivity contribution in [3.63, 3.8) is 0 Å². The van der Waals surface area contributed by atoms with Gasteiger partial charge in [-0.3, -0.25) is 0 Å². The standard InChI is InChI=1S/C13H19Cl2NO/c1-3-8-17-9-12(16-4-2)13-10(14)6-5-7-11(13)15/h5-7,12,16H,3-4,8-9H2,1-2H3. The molecule has 1 aromatic rings. The predicted octanol–water partition coefficient (Wildman–Crippen LogP) is 4.07. The lowest BCUT2D eigenvalue weighted by atomic mass is 10.1. The largest absolute Gasteiger partial charge is 0.379 e. The van der Waals surface area contributed by atoms with Crippen molar-refractivity contribution in [2.24, 2.45) is 0 Å². The van der Waals surface area contributed by atoms with Crippen LogP contribution in [0.3, 0.4) is 0 Å². The maximum atomic E-state index is 6.19. The van der Waals surface area contributed by atoms with Crippen LogP contribution in [0, 0.1) is 0 Å². The zero-order chi connectivity index (χ0) is 12.7. The Morgan fingerprint density at radius 3 is 2.41 bits per heavy atom. The fourth-order valence-electron chi connectivity index (χ4n) is 1.68. The topological polar surface area (TPSA) is 21.3 Å². The molecule has 1 aromatic carbocycles. The summed E-state index contributed by atoms with van der Waals surface area (Å²) in [6, 6.07) is 5.61. The molecule has 1 unspecified atom stereocenters. The first-order valence-corrected chi connectivity index (χ1v) is 6.71. The van der Waals surface area contributed by atoms with Gasteiger partial charge in [0, 0.05) is 22.2 Å². The molecule has 0 saturated heterocycles. The Bertz CT molecular complexity index is 324. The van der Waals surface area contributed by atoms with Gasteiger partial charge < -0.3 is 10.1 Å². The monoisotopic (exact) mass is 275 g/mol. The fourth-order valence-corrected chi connectivity index (χ4v) is 2.34. The second-order valence-electron chi connectivity index (χ2n) is 3.82. The molecule has 96 valence electrons. The summed E-state index contributed by atoms with van der Waals surface area (Å²) in [5.74, 6) is 0. The Morgan fingerprint density at radius 2 is 1.88 bits per heavy atom. The molecule has 2 nitrogen and oxygen atoms in total. The molecule has 0 aliphatic rings. The van der Waals surface area contributed by atoms with Crippen LogP contribution < -0.4 is 5.32 Å². The maximum absolute atomic E-state index is 6.19. The first-order valence-electron chi connectivity index (χ1n) is 5.95. The molecule has 0 amide bonds. The molecule has 0 fully saturated rings. The molecule has 1 rings (SSSR count). The van der Waals surface area contributed by atoms with Crippen molar-refractivity contribution in [3.05, 3.63) is 33.8 Å². The number of hydrogen-bond acceptors (Lipinski definition) is 2. The molecule has 4 heteroatoms. The van der Waals surface area contributed by atoms with Crippen LogP contribution in [-0.4, -0.2) is 19.8 Å². The second-order valence-corrected chi connectivity index (χ2v) is 4.63. The van der Waals surface area contributed by atoms with Gasteiger partial charge in [0.15, 0.2) is 0 Å². The van der Waals surface area contributed by atoms with Gasteiger partial charge in [-0.15, -0.1) is 0 Å². The van der Waals surface area contributed by atoms with E-state index in [1.54, 1.807) is 0 Å². The van der Waals surface area contributed by atoms with E-state index in [0.717, 1.165) is 25.1 Å². The smallest absolute Gasteiger partial charge is 0.0662 e. The molecular weight excluding hydrogens is 257 g/mol. The highest BCUT2D eigenvalue weighted by molar-refractivity contribution is 6.36. The molecule has 0 bridgehead atoms. The summed E-state index contributed by atoms with van der Waals surface area (Å²) in [7, 11) is 0. The third kappa shape index (κ3) is 4.47. The molecule has 0 radical (unpaired) electrons. The molecule has 0 aliphatic carbocycles. The predicted molar refractivity (Wildman–Crippen MR) is 74.0 cm³/mol. The highest BCUT2D eigenvalue weighted by Crippen LogP contribution is 2.30. The summed E-state index contributed by atoms with van der Waals surface area (Å²) in [6.07, 6.45) is 1.01. The van der Waals surface area contributed by atoms with Gasteiger partial charge in [0.1, 0.15) is 0 Å². The Labute approximate surface area is 113 Å². The Kier molecular flexibility index (Phi) is 6.90. The van der Waals surface area contributed by atoms with E-state index in [1.807, 2.05) is 18.2 Å². The van der Waals surface area contributed by atoms with Crippen LogP contribution in [0.5, 0.6) is 0 Å². The van der Waals surface area contributed by atoms with Gasteiger partial charge in [-0.2, -0.15) is 0 Å². The maximum Gasteiger partial charge on any atom is 0.0662 e. The van der Waals surface area contributed by atoms with E-state index < -0.39 is 0 Å². The number of benzene rings is 1. The normalized spacial score (nSPS) is 12.7. The van der Waals surface area contributed by atoms with Gasteiger partial charge in [-0.05, 0) is 25.1 Å². The van der Waals surface area contributed by atoms with E-state index in [4.69, 9.17) is 27.9 Å². The van der Waals surface area contributed by atoms with Crippen molar-refractivity contribution in [1.29, 1.82) is 0 Å². The molecular formula is C13H19Cl2NO.